The molecule has 0 aliphatic carbocycles. The summed E-state index contributed by atoms with van der Waals surface area (Å²) in [5, 5.41) is 0. The maximum Gasteiger partial charge on any atom is 0.231 e. The first-order valence-electron chi connectivity index (χ1n) is 6.52. The minimum atomic E-state index is 0.287. The normalized spacial score (nSPS) is 12.8. The van der Waals surface area contributed by atoms with Gasteiger partial charge in [0.1, 0.15) is 5.75 Å². The molecule has 0 bridgehead atoms. The van der Waals surface area contributed by atoms with Crippen molar-refractivity contribution in [1.29, 1.82) is 0 Å². The predicted octanol–water partition coefficient (Wildman–Crippen LogP) is 3.56. The quantitative estimate of drug-likeness (QED) is 0.797. The number of nitrogens with zero attached hydrogens (tertiary/aromatic N) is 1. The zero-order chi connectivity index (χ0) is 13.8. The van der Waals surface area contributed by atoms with Crippen LogP contribution in [0.15, 0.2) is 47.5 Å². The molecule has 0 amide bonds. The molecule has 4 heteroatoms. The van der Waals surface area contributed by atoms with Crippen molar-refractivity contribution in [2.45, 2.75) is 6.92 Å². The van der Waals surface area contributed by atoms with Gasteiger partial charge < -0.3 is 14.2 Å². The van der Waals surface area contributed by atoms with Crippen LogP contribution in [0.2, 0.25) is 0 Å². The van der Waals surface area contributed by atoms with Gasteiger partial charge >= 0.3 is 0 Å². The molecular formula is C16H15NO3. The van der Waals surface area contributed by atoms with Gasteiger partial charge in [-0.1, -0.05) is 0 Å². The Bertz CT molecular complexity index is 620. The molecule has 2 aromatic rings. The second kappa shape index (κ2) is 5.65. The zero-order valence-electron chi connectivity index (χ0n) is 11.2. The zero-order valence-corrected chi connectivity index (χ0v) is 11.2. The van der Waals surface area contributed by atoms with Gasteiger partial charge in [-0.2, -0.15) is 0 Å². The number of ether oxygens (including phenoxy) is 3. The van der Waals surface area contributed by atoms with E-state index >= 15 is 0 Å². The van der Waals surface area contributed by atoms with Gasteiger partial charge in [0, 0.05) is 6.21 Å². The molecule has 3 rings (SSSR count). The largest absolute Gasteiger partial charge is 0.494 e. The molecule has 1 heterocycles. The number of rotatable bonds is 4. The fourth-order valence-corrected chi connectivity index (χ4v) is 1.94. The molecule has 1 aliphatic heterocycles. The van der Waals surface area contributed by atoms with E-state index in [0.717, 1.165) is 28.5 Å². The number of aliphatic imine (C=N–C) groups is 1. The summed E-state index contributed by atoms with van der Waals surface area (Å²) in [6, 6.07) is 13.4. The molecule has 0 saturated heterocycles. The maximum absolute atomic E-state index is 5.39. The maximum atomic E-state index is 5.39. The molecule has 0 radical (unpaired) electrons. The van der Waals surface area contributed by atoms with Crippen molar-refractivity contribution >= 4 is 11.9 Å². The first kappa shape index (κ1) is 12.5. The van der Waals surface area contributed by atoms with Crippen molar-refractivity contribution in [2.24, 2.45) is 4.99 Å². The molecule has 0 unspecified atom stereocenters. The van der Waals surface area contributed by atoms with Crippen LogP contribution in [0.25, 0.3) is 0 Å². The third kappa shape index (κ3) is 2.74. The Hall–Kier alpha value is -2.49. The fourth-order valence-electron chi connectivity index (χ4n) is 1.94. The van der Waals surface area contributed by atoms with Crippen LogP contribution in [0.1, 0.15) is 12.5 Å². The average molecular weight is 269 g/mol. The van der Waals surface area contributed by atoms with Crippen LogP contribution in [0.3, 0.4) is 0 Å². The Kier molecular flexibility index (Phi) is 3.54. The number of fused-ring (bicyclic) bond motifs is 1. The van der Waals surface area contributed by atoms with Crippen molar-refractivity contribution in [3.63, 3.8) is 0 Å². The Labute approximate surface area is 117 Å². The first-order chi connectivity index (χ1) is 9.85. The topological polar surface area (TPSA) is 40.0 Å². The van der Waals surface area contributed by atoms with E-state index in [1.165, 1.54) is 0 Å². The van der Waals surface area contributed by atoms with E-state index in [-0.39, 0.29) is 6.79 Å². The summed E-state index contributed by atoms with van der Waals surface area (Å²) < 4.78 is 16.0. The standard InChI is InChI=1S/C16H15NO3/c1-2-18-14-6-4-13(5-7-14)17-10-12-3-8-15-16(9-12)20-11-19-15/h3-10H,2,11H2,1H3. The lowest BCUT2D eigenvalue weighted by atomic mass is 10.2. The lowest BCUT2D eigenvalue weighted by Gasteiger charge is -2.02. The molecular weight excluding hydrogens is 254 g/mol. The summed E-state index contributed by atoms with van der Waals surface area (Å²) in [6.07, 6.45) is 1.80. The summed E-state index contributed by atoms with van der Waals surface area (Å²) in [6.45, 7) is 2.92. The molecule has 0 saturated carbocycles. The van der Waals surface area contributed by atoms with Crippen molar-refractivity contribution in [2.75, 3.05) is 13.4 Å². The summed E-state index contributed by atoms with van der Waals surface area (Å²) in [7, 11) is 0. The minimum Gasteiger partial charge on any atom is -0.494 e. The minimum absolute atomic E-state index is 0.287. The average Bonchev–Trinajstić information content (AvgIpc) is 2.94. The van der Waals surface area contributed by atoms with E-state index in [2.05, 4.69) is 4.99 Å². The van der Waals surface area contributed by atoms with Gasteiger partial charge in [0.05, 0.1) is 12.3 Å². The highest BCUT2D eigenvalue weighted by molar-refractivity contribution is 5.83. The van der Waals surface area contributed by atoms with Crippen LogP contribution >= 0.6 is 0 Å². The van der Waals surface area contributed by atoms with Crippen molar-refractivity contribution < 1.29 is 14.2 Å². The first-order valence-corrected chi connectivity index (χ1v) is 6.52. The van der Waals surface area contributed by atoms with Crippen molar-refractivity contribution in [3.8, 4) is 17.2 Å². The lowest BCUT2D eigenvalue weighted by Crippen LogP contribution is -1.92. The fraction of sp³-hybridized carbons (Fsp3) is 0.188. The molecule has 0 N–H and O–H groups in total. The summed E-state index contributed by atoms with van der Waals surface area (Å²) in [5.41, 5.74) is 1.86. The highest BCUT2D eigenvalue weighted by atomic mass is 16.7. The summed E-state index contributed by atoms with van der Waals surface area (Å²) in [5.74, 6) is 2.40. The van der Waals surface area contributed by atoms with Crippen LogP contribution < -0.4 is 14.2 Å². The van der Waals surface area contributed by atoms with E-state index in [1.54, 1.807) is 6.21 Å². The highest BCUT2D eigenvalue weighted by Gasteiger charge is 2.12. The van der Waals surface area contributed by atoms with Gasteiger partial charge in [-0.25, -0.2) is 0 Å². The van der Waals surface area contributed by atoms with Crippen molar-refractivity contribution in [3.05, 3.63) is 48.0 Å². The predicted molar refractivity (Wildman–Crippen MR) is 77.4 cm³/mol. The highest BCUT2D eigenvalue weighted by Crippen LogP contribution is 2.32. The molecule has 2 aromatic carbocycles. The van der Waals surface area contributed by atoms with E-state index < -0.39 is 0 Å². The Morgan fingerprint density at radius 2 is 1.90 bits per heavy atom. The molecule has 0 spiro atoms. The molecule has 0 atom stereocenters. The van der Waals surface area contributed by atoms with Crippen LogP contribution in [-0.2, 0) is 0 Å². The van der Waals surface area contributed by atoms with E-state index in [4.69, 9.17) is 14.2 Å². The van der Waals surface area contributed by atoms with Crippen molar-refractivity contribution in [1.82, 2.24) is 0 Å². The Morgan fingerprint density at radius 1 is 1.10 bits per heavy atom. The van der Waals surface area contributed by atoms with E-state index in [0.29, 0.717) is 6.61 Å². The van der Waals surface area contributed by atoms with E-state index in [9.17, 15) is 0 Å². The molecule has 4 nitrogen and oxygen atoms in total. The molecule has 1 aliphatic rings. The second-order valence-corrected chi connectivity index (χ2v) is 4.30. The van der Waals surface area contributed by atoms with Gasteiger partial charge in [-0.3, -0.25) is 4.99 Å². The lowest BCUT2D eigenvalue weighted by molar-refractivity contribution is 0.174. The third-order valence-corrected chi connectivity index (χ3v) is 2.91. The summed E-state index contributed by atoms with van der Waals surface area (Å²) in [4.78, 5) is 4.43. The number of benzene rings is 2. The van der Waals surface area contributed by atoms with E-state index in [1.807, 2.05) is 49.4 Å². The smallest absolute Gasteiger partial charge is 0.231 e. The van der Waals surface area contributed by atoms with Crippen LogP contribution in [0, 0.1) is 0 Å². The number of hydrogen-bond donors (Lipinski definition) is 0. The van der Waals surface area contributed by atoms with Gasteiger partial charge in [-0.05, 0) is 55.0 Å². The SMILES string of the molecule is CCOc1ccc(N=Cc2ccc3c(c2)OCO3)cc1. The molecule has 102 valence electrons. The monoisotopic (exact) mass is 269 g/mol. The summed E-state index contributed by atoms with van der Waals surface area (Å²) >= 11 is 0. The van der Waals surface area contributed by atoms with Crippen LogP contribution in [0.5, 0.6) is 17.2 Å². The Balaban J connectivity index is 1.73. The number of hydrogen-bond acceptors (Lipinski definition) is 4. The molecule has 0 fully saturated rings. The van der Waals surface area contributed by atoms with Gasteiger partial charge in [0.2, 0.25) is 6.79 Å². The second-order valence-electron chi connectivity index (χ2n) is 4.30. The van der Waals surface area contributed by atoms with Gasteiger partial charge in [-0.15, -0.1) is 0 Å². The van der Waals surface area contributed by atoms with Crippen LogP contribution in [0.4, 0.5) is 5.69 Å². The van der Waals surface area contributed by atoms with Gasteiger partial charge in [0.25, 0.3) is 0 Å². The molecule has 20 heavy (non-hydrogen) atoms. The van der Waals surface area contributed by atoms with Crippen LogP contribution in [-0.4, -0.2) is 19.6 Å². The Morgan fingerprint density at radius 3 is 2.70 bits per heavy atom. The molecule has 0 aromatic heterocycles. The third-order valence-electron chi connectivity index (χ3n) is 2.91. The van der Waals surface area contributed by atoms with Gasteiger partial charge in [0.15, 0.2) is 11.5 Å².